The third kappa shape index (κ3) is 6.45. The van der Waals surface area contributed by atoms with Crippen molar-refractivity contribution in [1.29, 1.82) is 0 Å². The highest BCUT2D eigenvalue weighted by Crippen LogP contribution is 2.12. The fourth-order valence-electron chi connectivity index (χ4n) is 2.86. The molecule has 8 heteroatoms. The fraction of sp³-hybridized carbons (Fsp3) is 0.500. The first-order valence-corrected chi connectivity index (χ1v) is 9.47. The van der Waals surface area contributed by atoms with Crippen molar-refractivity contribution < 1.29 is 18.7 Å². The molecule has 2 aromatic heterocycles. The summed E-state index contributed by atoms with van der Waals surface area (Å²) >= 11 is 0. The molecule has 0 unspecified atom stereocenters. The van der Waals surface area contributed by atoms with Crippen LogP contribution in [0.2, 0.25) is 0 Å². The van der Waals surface area contributed by atoms with Gasteiger partial charge < -0.3 is 28.8 Å². The number of nitrogens with zero attached hydrogens (tertiary/aromatic N) is 3. The van der Waals surface area contributed by atoms with Crippen LogP contribution >= 0.6 is 0 Å². The van der Waals surface area contributed by atoms with E-state index in [1.807, 2.05) is 42.9 Å². The average Bonchev–Trinajstić information content (AvgIpc) is 3.32. The highest BCUT2D eigenvalue weighted by molar-refractivity contribution is 5.84. The Morgan fingerprint density at radius 1 is 1.21 bits per heavy atom. The normalized spacial score (nSPS) is 10.7. The van der Waals surface area contributed by atoms with E-state index in [1.165, 1.54) is 4.90 Å². The summed E-state index contributed by atoms with van der Waals surface area (Å²) in [5.74, 6) is 0.563. The highest BCUT2D eigenvalue weighted by Gasteiger charge is 2.22. The van der Waals surface area contributed by atoms with Gasteiger partial charge in [0.05, 0.1) is 19.4 Å². The Hall–Kier alpha value is -2.74. The molecule has 1 N–H and O–H groups in total. The van der Waals surface area contributed by atoms with Crippen LogP contribution in [0.25, 0.3) is 0 Å². The molecule has 0 bridgehead atoms. The molecular weight excluding hydrogens is 360 g/mol. The van der Waals surface area contributed by atoms with Crippen molar-refractivity contribution in [3.8, 4) is 0 Å². The number of ether oxygens (including phenoxy) is 1. The van der Waals surface area contributed by atoms with Crippen LogP contribution in [0.1, 0.15) is 24.8 Å². The van der Waals surface area contributed by atoms with Gasteiger partial charge in [0.2, 0.25) is 5.91 Å². The lowest BCUT2D eigenvalue weighted by Crippen LogP contribution is -2.47. The minimum Gasteiger partial charge on any atom is -0.467 e. The number of rotatable bonds is 11. The maximum absolute atomic E-state index is 13.1. The summed E-state index contributed by atoms with van der Waals surface area (Å²) in [4.78, 5) is 28.7. The standard InChI is InChI=1S/C20H30N4O4/c1-4-21-20(26)23(11-7-12-27-3)16-19(25)24(15-18-9-6-13-28-18)14-17-8-5-10-22(17)2/h5-6,8-10,13H,4,7,11-12,14-16H2,1-3H3,(H,21,26). The van der Waals surface area contributed by atoms with Crippen LogP contribution in [0.3, 0.4) is 0 Å². The molecule has 0 saturated carbocycles. The van der Waals surface area contributed by atoms with Crippen LogP contribution in [0.5, 0.6) is 0 Å². The lowest BCUT2D eigenvalue weighted by molar-refractivity contribution is -0.133. The summed E-state index contributed by atoms with van der Waals surface area (Å²) in [5.41, 5.74) is 1.00. The van der Waals surface area contributed by atoms with Gasteiger partial charge in [-0.2, -0.15) is 0 Å². The molecule has 2 rings (SSSR count). The summed E-state index contributed by atoms with van der Waals surface area (Å²) in [5, 5.41) is 2.77. The van der Waals surface area contributed by atoms with E-state index in [4.69, 9.17) is 9.15 Å². The molecule has 0 atom stereocenters. The summed E-state index contributed by atoms with van der Waals surface area (Å²) in [6, 6.07) is 7.31. The van der Waals surface area contributed by atoms with Crippen LogP contribution in [0.4, 0.5) is 4.79 Å². The van der Waals surface area contributed by atoms with Crippen molar-refractivity contribution >= 4 is 11.9 Å². The minimum atomic E-state index is -0.247. The van der Waals surface area contributed by atoms with Crippen LogP contribution in [0, 0.1) is 0 Å². The van der Waals surface area contributed by atoms with Crippen molar-refractivity contribution in [2.75, 3.05) is 33.4 Å². The van der Waals surface area contributed by atoms with Gasteiger partial charge in [-0.15, -0.1) is 0 Å². The second kappa shape index (κ2) is 11.2. The molecule has 0 aliphatic heterocycles. The molecule has 0 aliphatic rings. The van der Waals surface area contributed by atoms with Gasteiger partial charge in [0.1, 0.15) is 12.3 Å². The molecule has 0 fully saturated rings. The SMILES string of the molecule is CCNC(=O)N(CCCOC)CC(=O)N(Cc1ccco1)Cc1cccn1C. The first-order valence-electron chi connectivity index (χ1n) is 9.47. The molecule has 8 nitrogen and oxygen atoms in total. The van der Waals surface area contributed by atoms with Gasteiger partial charge in [-0.25, -0.2) is 4.79 Å². The Balaban J connectivity index is 2.10. The molecule has 154 valence electrons. The Bertz CT molecular complexity index is 726. The topological polar surface area (TPSA) is 80.0 Å². The van der Waals surface area contributed by atoms with Gasteiger partial charge in [-0.3, -0.25) is 4.79 Å². The monoisotopic (exact) mass is 390 g/mol. The lowest BCUT2D eigenvalue weighted by atomic mass is 10.3. The second-order valence-electron chi connectivity index (χ2n) is 6.54. The number of aryl methyl sites for hydroxylation is 1. The number of furan rings is 1. The van der Waals surface area contributed by atoms with E-state index in [1.54, 1.807) is 24.3 Å². The molecule has 0 spiro atoms. The third-order valence-corrected chi connectivity index (χ3v) is 4.40. The van der Waals surface area contributed by atoms with Gasteiger partial charge in [0, 0.05) is 45.7 Å². The minimum absolute atomic E-state index is 0.000674. The Morgan fingerprint density at radius 3 is 2.64 bits per heavy atom. The van der Waals surface area contributed by atoms with Gasteiger partial charge >= 0.3 is 6.03 Å². The first-order chi connectivity index (χ1) is 13.5. The zero-order valence-electron chi connectivity index (χ0n) is 16.9. The van der Waals surface area contributed by atoms with E-state index in [0.717, 1.165) is 5.69 Å². The number of hydrogen-bond donors (Lipinski definition) is 1. The van der Waals surface area contributed by atoms with Crippen LogP contribution in [-0.4, -0.2) is 59.7 Å². The molecule has 2 aromatic rings. The molecule has 0 aromatic carbocycles. The molecule has 0 saturated heterocycles. The van der Waals surface area contributed by atoms with Crippen molar-refractivity contribution in [3.63, 3.8) is 0 Å². The second-order valence-corrected chi connectivity index (χ2v) is 6.54. The molecule has 0 aliphatic carbocycles. The first kappa shape index (κ1) is 21.6. The van der Waals surface area contributed by atoms with E-state index in [0.29, 0.717) is 45.0 Å². The van der Waals surface area contributed by atoms with Gasteiger partial charge in [0.15, 0.2) is 0 Å². The van der Waals surface area contributed by atoms with Crippen molar-refractivity contribution in [3.05, 3.63) is 48.2 Å². The quantitative estimate of drug-likeness (QED) is 0.597. The predicted octanol–water partition coefficient (Wildman–Crippen LogP) is 2.21. The summed E-state index contributed by atoms with van der Waals surface area (Å²) in [6.07, 6.45) is 4.19. The Morgan fingerprint density at radius 2 is 2.04 bits per heavy atom. The Labute approximate surface area is 166 Å². The number of methoxy groups -OCH3 is 1. The van der Waals surface area contributed by atoms with Crippen LogP contribution in [0.15, 0.2) is 41.1 Å². The molecule has 28 heavy (non-hydrogen) atoms. The number of nitrogens with one attached hydrogen (secondary N) is 1. The zero-order valence-corrected chi connectivity index (χ0v) is 16.9. The smallest absolute Gasteiger partial charge is 0.317 e. The summed E-state index contributed by atoms with van der Waals surface area (Å²) in [7, 11) is 3.56. The highest BCUT2D eigenvalue weighted by atomic mass is 16.5. The number of urea groups is 1. The largest absolute Gasteiger partial charge is 0.467 e. The molecule has 0 radical (unpaired) electrons. The summed E-state index contributed by atoms with van der Waals surface area (Å²) < 4.78 is 12.5. The van der Waals surface area contributed by atoms with Crippen LogP contribution < -0.4 is 5.32 Å². The molecule has 3 amide bonds. The maximum Gasteiger partial charge on any atom is 0.317 e. The average molecular weight is 390 g/mol. The van der Waals surface area contributed by atoms with E-state index >= 15 is 0 Å². The van der Waals surface area contributed by atoms with E-state index in [-0.39, 0.29) is 18.5 Å². The zero-order chi connectivity index (χ0) is 20.4. The third-order valence-electron chi connectivity index (χ3n) is 4.40. The van der Waals surface area contributed by atoms with Crippen molar-refractivity contribution in [2.45, 2.75) is 26.4 Å². The number of aromatic nitrogens is 1. The van der Waals surface area contributed by atoms with E-state index in [9.17, 15) is 9.59 Å². The van der Waals surface area contributed by atoms with Crippen molar-refractivity contribution in [2.24, 2.45) is 7.05 Å². The Kier molecular flexibility index (Phi) is 8.61. The predicted molar refractivity (Wildman–Crippen MR) is 106 cm³/mol. The van der Waals surface area contributed by atoms with Gasteiger partial charge in [-0.1, -0.05) is 0 Å². The van der Waals surface area contributed by atoms with Gasteiger partial charge in [0.25, 0.3) is 0 Å². The number of carbonyl (C=O) groups is 2. The van der Waals surface area contributed by atoms with Crippen molar-refractivity contribution in [1.82, 2.24) is 19.7 Å². The van der Waals surface area contributed by atoms with Crippen LogP contribution in [-0.2, 0) is 29.7 Å². The molecular formula is C20H30N4O4. The number of carbonyl (C=O) groups excluding carboxylic acids is 2. The van der Waals surface area contributed by atoms with Gasteiger partial charge in [-0.05, 0) is 37.6 Å². The molecule has 2 heterocycles. The number of amides is 3. The van der Waals surface area contributed by atoms with E-state index in [2.05, 4.69) is 5.32 Å². The maximum atomic E-state index is 13.1. The fourth-order valence-corrected chi connectivity index (χ4v) is 2.86. The summed E-state index contributed by atoms with van der Waals surface area (Å²) in [6.45, 7) is 4.12. The lowest BCUT2D eigenvalue weighted by Gasteiger charge is -2.27. The van der Waals surface area contributed by atoms with E-state index < -0.39 is 0 Å². The number of hydrogen-bond acceptors (Lipinski definition) is 4.